The van der Waals surface area contributed by atoms with E-state index in [1.54, 1.807) is 0 Å². The molecule has 0 unspecified atom stereocenters. The van der Waals surface area contributed by atoms with Crippen molar-refractivity contribution >= 4 is 16.6 Å². The first-order valence-corrected chi connectivity index (χ1v) is 6.76. The molecule has 0 saturated heterocycles. The summed E-state index contributed by atoms with van der Waals surface area (Å²) in [6.07, 6.45) is 0. The Morgan fingerprint density at radius 1 is 0.800 bits per heavy atom. The van der Waals surface area contributed by atoms with Crippen molar-refractivity contribution in [2.45, 2.75) is 13.8 Å². The van der Waals surface area contributed by atoms with Crippen molar-refractivity contribution in [3.05, 3.63) is 82.9 Å². The third-order valence-corrected chi connectivity index (χ3v) is 3.65. The van der Waals surface area contributed by atoms with E-state index < -0.39 is 0 Å². The third kappa shape index (κ3) is 2.23. The largest absolute Gasteiger partial charge is 0.289 e. The fraction of sp³-hybridized carbons (Fsp3) is 0.105. The fourth-order valence-corrected chi connectivity index (χ4v) is 2.47. The highest BCUT2D eigenvalue weighted by atomic mass is 16.1. The van der Waals surface area contributed by atoms with Gasteiger partial charge in [-0.3, -0.25) is 4.79 Å². The highest BCUT2D eigenvalue weighted by molar-refractivity contribution is 6.11. The number of hydrogen-bond acceptors (Lipinski definition) is 1. The topological polar surface area (TPSA) is 17.1 Å². The minimum absolute atomic E-state index is 0.0944. The molecule has 1 heteroatoms. The zero-order chi connectivity index (χ0) is 14.1. The number of benzene rings is 3. The molecule has 3 aromatic carbocycles. The minimum Gasteiger partial charge on any atom is -0.289 e. The molecule has 0 saturated carbocycles. The summed E-state index contributed by atoms with van der Waals surface area (Å²) in [7, 11) is 0. The van der Waals surface area contributed by atoms with E-state index in [1.165, 1.54) is 0 Å². The molecule has 3 rings (SSSR count). The van der Waals surface area contributed by atoms with Crippen LogP contribution in [0.15, 0.2) is 60.7 Å². The number of aryl methyl sites for hydroxylation is 2. The van der Waals surface area contributed by atoms with E-state index in [0.717, 1.165) is 33.0 Å². The molecule has 0 aliphatic carbocycles. The van der Waals surface area contributed by atoms with Gasteiger partial charge in [-0.05, 0) is 42.3 Å². The van der Waals surface area contributed by atoms with Gasteiger partial charge < -0.3 is 0 Å². The lowest BCUT2D eigenvalue weighted by Gasteiger charge is -2.07. The zero-order valence-corrected chi connectivity index (χ0v) is 11.7. The first kappa shape index (κ1) is 12.6. The van der Waals surface area contributed by atoms with Crippen LogP contribution in [-0.4, -0.2) is 5.78 Å². The normalized spacial score (nSPS) is 10.7. The highest BCUT2D eigenvalue weighted by Crippen LogP contribution is 2.20. The molecular weight excluding hydrogens is 244 g/mol. The van der Waals surface area contributed by atoms with Gasteiger partial charge in [0, 0.05) is 11.1 Å². The first-order valence-electron chi connectivity index (χ1n) is 6.76. The van der Waals surface area contributed by atoms with Crippen molar-refractivity contribution in [3.63, 3.8) is 0 Å². The summed E-state index contributed by atoms with van der Waals surface area (Å²) in [5, 5.41) is 2.26. The van der Waals surface area contributed by atoms with Gasteiger partial charge in [0.15, 0.2) is 5.78 Å². The molecule has 20 heavy (non-hydrogen) atoms. The second kappa shape index (κ2) is 4.93. The Morgan fingerprint density at radius 3 is 2.35 bits per heavy atom. The maximum absolute atomic E-state index is 12.7. The quantitative estimate of drug-likeness (QED) is 0.611. The van der Waals surface area contributed by atoms with Crippen LogP contribution in [0.1, 0.15) is 27.0 Å². The fourth-order valence-electron chi connectivity index (χ4n) is 2.47. The SMILES string of the molecule is Cc1ccc(C)c(C(=O)c2ccc3ccccc3c2)c1. The average molecular weight is 260 g/mol. The molecule has 0 heterocycles. The van der Waals surface area contributed by atoms with Gasteiger partial charge in [-0.2, -0.15) is 0 Å². The Balaban J connectivity index is 2.10. The number of rotatable bonds is 2. The zero-order valence-electron chi connectivity index (χ0n) is 11.7. The lowest BCUT2D eigenvalue weighted by atomic mass is 9.96. The molecule has 1 nitrogen and oxygen atoms in total. The molecule has 0 aliphatic heterocycles. The molecule has 0 aliphatic rings. The van der Waals surface area contributed by atoms with Crippen molar-refractivity contribution in [2.75, 3.05) is 0 Å². The summed E-state index contributed by atoms with van der Waals surface area (Å²) in [6, 6.07) is 20.0. The van der Waals surface area contributed by atoms with Crippen LogP contribution < -0.4 is 0 Å². The molecule has 3 aromatic rings. The van der Waals surface area contributed by atoms with Gasteiger partial charge in [-0.15, -0.1) is 0 Å². The van der Waals surface area contributed by atoms with Gasteiger partial charge >= 0.3 is 0 Å². The van der Waals surface area contributed by atoms with E-state index >= 15 is 0 Å². The second-order valence-electron chi connectivity index (χ2n) is 5.21. The lowest BCUT2D eigenvalue weighted by Crippen LogP contribution is -2.04. The number of hydrogen-bond donors (Lipinski definition) is 0. The number of ketones is 1. The monoisotopic (exact) mass is 260 g/mol. The summed E-state index contributed by atoms with van der Waals surface area (Å²) in [5.41, 5.74) is 3.67. The second-order valence-corrected chi connectivity index (χ2v) is 5.21. The average Bonchev–Trinajstić information content (AvgIpc) is 2.48. The van der Waals surface area contributed by atoms with Crippen LogP contribution in [0, 0.1) is 13.8 Å². The van der Waals surface area contributed by atoms with Crippen molar-refractivity contribution in [3.8, 4) is 0 Å². The predicted molar refractivity (Wildman–Crippen MR) is 83.3 cm³/mol. The van der Waals surface area contributed by atoms with Crippen LogP contribution in [0.3, 0.4) is 0 Å². The predicted octanol–water partition coefficient (Wildman–Crippen LogP) is 4.69. The molecule has 0 radical (unpaired) electrons. The summed E-state index contributed by atoms with van der Waals surface area (Å²) >= 11 is 0. The summed E-state index contributed by atoms with van der Waals surface area (Å²) in [6.45, 7) is 3.99. The Hall–Kier alpha value is -2.41. The van der Waals surface area contributed by atoms with Crippen LogP contribution >= 0.6 is 0 Å². The molecule has 0 atom stereocenters. The van der Waals surface area contributed by atoms with Crippen LogP contribution in [0.2, 0.25) is 0 Å². The standard InChI is InChI=1S/C19H16O/c1-13-7-8-14(2)18(11-13)19(20)17-10-9-15-5-3-4-6-16(15)12-17/h3-12H,1-2H3. The molecular formula is C19H16O. The van der Waals surface area contributed by atoms with Gasteiger partial charge in [-0.1, -0.05) is 54.1 Å². The van der Waals surface area contributed by atoms with Gasteiger partial charge in [0.2, 0.25) is 0 Å². The molecule has 0 aromatic heterocycles. The summed E-state index contributed by atoms with van der Waals surface area (Å²) in [5.74, 6) is 0.0944. The van der Waals surface area contributed by atoms with Crippen LogP contribution in [0.5, 0.6) is 0 Å². The Labute approximate surface area is 118 Å². The van der Waals surface area contributed by atoms with E-state index in [4.69, 9.17) is 0 Å². The number of carbonyl (C=O) groups excluding carboxylic acids is 1. The van der Waals surface area contributed by atoms with E-state index in [0.29, 0.717) is 0 Å². The molecule has 0 N–H and O–H groups in total. The van der Waals surface area contributed by atoms with Gasteiger partial charge in [0.1, 0.15) is 0 Å². The van der Waals surface area contributed by atoms with E-state index in [9.17, 15) is 4.79 Å². The van der Waals surface area contributed by atoms with Crippen molar-refractivity contribution in [1.29, 1.82) is 0 Å². The van der Waals surface area contributed by atoms with Crippen molar-refractivity contribution in [2.24, 2.45) is 0 Å². The smallest absolute Gasteiger partial charge is 0.193 e. The number of carbonyl (C=O) groups is 1. The van der Waals surface area contributed by atoms with E-state index in [2.05, 4.69) is 6.07 Å². The van der Waals surface area contributed by atoms with E-state index in [-0.39, 0.29) is 5.78 Å². The van der Waals surface area contributed by atoms with Gasteiger partial charge in [0.25, 0.3) is 0 Å². The van der Waals surface area contributed by atoms with Crippen LogP contribution in [0.4, 0.5) is 0 Å². The third-order valence-electron chi connectivity index (χ3n) is 3.65. The minimum atomic E-state index is 0.0944. The van der Waals surface area contributed by atoms with Gasteiger partial charge in [0.05, 0.1) is 0 Å². The lowest BCUT2D eigenvalue weighted by molar-refractivity contribution is 0.103. The molecule has 0 spiro atoms. The Bertz CT molecular complexity index is 800. The maximum Gasteiger partial charge on any atom is 0.193 e. The summed E-state index contributed by atoms with van der Waals surface area (Å²) < 4.78 is 0. The van der Waals surface area contributed by atoms with Gasteiger partial charge in [-0.25, -0.2) is 0 Å². The van der Waals surface area contributed by atoms with Crippen molar-refractivity contribution in [1.82, 2.24) is 0 Å². The Kier molecular flexibility index (Phi) is 3.11. The molecule has 0 fully saturated rings. The van der Waals surface area contributed by atoms with Crippen LogP contribution in [-0.2, 0) is 0 Å². The number of fused-ring (bicyclic) bond motifs is 1. The van der Waals surface area contributed by atoms with Crippen molar-refractivity contribution < 1.29 is 4.79 Å². The molecule has 98 valence electrons. The molecule has 0 bridgehead atoms. The highest BCUT2D eigenvalue weighted by Gasteiger charge is 2.12. The first-order chi connectivity index (χ1) is 9.65. The van der Waals surface area contributed by atoms with Crippen LogP contribution in [0.25, 0.3) is 10.8 Å². The Morgan fingerprint density at radius 2 is 1.55 bits per heavy atom. The van der Waals surface area contributed by atoms with E-state index in [1.807, 2.05) is 68.4 Å². The maximum atomic E-state index is 12.7. The summed E-state index contributed by atoms with van der Waals surface area (Å²) in [4.78, 5) is 12.7. The molecule has 0 amide bonds.